The Hall–Kier alpha value is -0.910. The van der Waals surface area contributed by atoms with Crippen LogP contribution < -0.4 is 10.6 Å². The van der Waals surface area contributed by atoms with E-state index in [1.807, 2.05) is 6.07 Å². The van der Waals surface area contributed by atoms with Crippen molar-refractivity contribution in [2.24, 2.45) is 4.99 Å². The number of rotatable bonds is 5. The zero-order chi connectivity index (χ0) is 17.6. The molecule has 0 aliphatic carbocycles. The molecule has 3 heterocycles. The minimum atomic E-state index is -0.625. The number of aromatic nitrogens is 3. The highest BCUT2D eigenvalue weighted by molar-refractivity contribution is 14.0. The van der Waals surface area contributed by atoms with Gasteiger partial charge in [-0.05, 0) is 25.0 Å². The van der Waals surface area contributed by atoms with E-state index < -0.39 is 6.10 Å². The summed E-state index contributed by atoms with van der Waals surface area (Å²) < 4.78 is 2.87. The Bertz CT molecular complexity index is 734. The molecule has 0 spiro atoms. The zero-order valence-corrected chi connectivity index (χ0v) is 18.5. The molecule has 3 rings (SSSR count). The lowest BCUT2D eigenvalue weighted by molar-refractivity contribution is 0.184. The van der Waals surface area contributed by atoms with E-state index >= 15 is 0 Å². The van der Waals surface area contributed by atoms with Crippen molar-refractivity contribution in [1.29, 1.82) is 0 Å². The van der Waals surface area contributed by atoms with Crippen molar-refractivity contribution in [3.05, 3.63) is 33.0 Å². The first-order valence-electron chi connectivity index (χ1n) is 8.46. The maximum absolute atomic E-state index is 10.2. The van der Waals surface area contributed by atoms with Gasteiger partial charge in [0.05, 0.1) is 10.9 Å². The monoisotopic (exact) mass is 510 g/mol. The summed E-state index contributed by atoms with van der Waals surface area (Å²) in [5.74, 6) is 2.61. The number of aliphatic hydroxyl groups excluding tert-OH is 1. The molecule has 26 heavy (non-hydrogen) atoms. The minimum Gasteiger partial charge on any atom is -0.386 e. The van der Waals surface area contributed by atoms with Crippen molar-refractivity contribution in [3.63, 3.8) is 0 Å². The van der Waals surface area contributed by atoms with Crippen LogP contribution in [0, 0.1) is 0 Å². The molecule has 0 fully saturated rings. The number of halogens is 2. The van der Waals surface area contributed by atoms with Crippen LogP contribution in [0.4, 0.5) is 0 Å². The summed E-state index contributed by atoms with van der Waals surface area (Å²) in [6, 6.07) is 3.62. The molecule has 10 heteroatoms. The lowest BCUT2D eigenvalue weighted by Gasteiger charge is -2.15. The van der Waals surface area contributed by atoms with E-state index in [2.05, 4.69) is 30.4 Å². The van der Waals surface area contributed by atoms with Gasteiger partial charge in [0.15, 0.2) is 11.8 Å². The summed E-state index contributed by atoms with van der Waals surface area (Å²) in [5.41, 5.74) is 0. The number of nitrogens with one attached hydrogen (secondary N) is 2. The first kappa shape index (κ1) is 21.4. The summed E-state index contributed by atoms with van der Waals surface area (Å²) >= 11 is 7.28. The zero-order valence-electron chi connectivity index (χ0n) is 14.6. The van der Waals surface area contributed by atoms with Crippen molar-refractivity contribution < 1.29 is 5.11 Å². The molecule has 0 radical (unpaired) electrons. The van der Waals surface area contributed by atoms with Gasteiger partial charge >= 0.3 is 0 Å². The Kier molecular flexibility index (Phi) is 8.58. The van der Waals surface area contributed by atoms with E-state index in [0.29, 0.717) is 23.4 Å². The van der Waals surface area contributed by atoms with Crippen LogP contribution in [0.15, 0.2) is 17.1 Å². The van der Waals surface area contributed by atoms with Gasteiger partial charge in [-0.2, -0.15) is 0 Å². The Morgan fingerprint density at radius 3 is 2.92 bits per heavy atom. The van der Waals surface area contributed by atoms with Crippen LogP contribution in [0.2, 0.25) is 4.34 Å². The molecule has 0 aromatic carbocycles. The number of guanidine groups is 1. The predicted molar refractivity (Wildman–Crippen MR) is 115 cm³/mol. The maximum Gasteiger partial charge on any atom is 0.191 e. The maximum atomic E-state index is 10.2. The highest BCUT2D eigenvalue weighted by Gasteiger charge is 2.15. The highest BCUT2D eigenvalue weighted by atomic mass is 127. The van der Waals surface area contributed by atoms with Crippen LogP contribution in [0.1, 0.15) is 41.9 Å². The lowest BCUT2D eigenvalue weighted by atomic mass is 10.2. The topological polar surface area (TPSA) is 87.4 Å². The molecule has 0 amide bonds. The number of nitrogens with zero attached hydrogens (tertiary/aromatic N) is 4. The number of thiophene rings is 1. The summed E-state index contributed by atoms with van der Waals surface area (Å²) in [4.78, 5) is 5.02. The molecular weight excluding hydrogens is 487 g/mol. The molecule has 1 unspecified atom stereocenters. The number of aliphatic hydroxyl groups is 1. The molecule has 1 aliphatic rings. The molecule has 0 saturated heterocycles. The molecular formula is C16H24ClIN6OS. The van der Waals surface area contributed by atoms with Crippen molar-refractivity contribution in [2.75, 3.05) is 13.6 Å². The van der Waals surface area contributed by atoms with Gasteiger partial charge in [0, 0.05) is 31.4 Å². The first-order chi connectivity index (χ1) is 12.2. The number of hydrogen-bond acceptors (Lipinski definition) is 5. The summed E-state index contributed by atoms with van der Waals surface area (Å²) in [7, 11) is 1.70. The smallest absolute Gasteiger partial charge is 0.191 e. The van der Waals surface area contributed by atoms with E-state index in [1.54, 1.807) is 13.1 Å². The second-order valence-electron chi connectivity index (χ2n) is 5.96. The van der Waals surface area contributed by atoms with Crippen LogP contribution in [0.25, 0.3) is 0 Å². The van der Waals surface area contributed by atoms with E-state index in [4.69, 9.17) is 11.6 Å². The van der Waals surface area contributed by atoms with Crippen LogP contribution in [-0.2, 0) is 19.5 Å². The van der Waals surface area contributed by atoms with E-state index in [9.17, 15) is 5.11 Å². The normalized spacial score (nSPS) is 15.6. The largest absolute Gasteiger partial charge is 0.386 e. The number of fused-ring (bicyclic) bond motifs is 1. The van der Waals surface area contributed by atoms with Gasteiger partial charge in [0.1, 0.15) is 11.9 Å². The number of hydrogen-bond donors (Lipinski definition) is 3. The Morgan fingerprint density at radius 1 is 1.35 bits per heavy atom. The number of aryl methyl sites for hydroxylation is 1. The second-order valence-corrected chi connectivity index (χ2v) is 7.71. The average molecular weight is 511 g/mol. The van der Waals surface area contributed by atoms with E-state index in [0.717, 1.165) is 29.5 Å². The molecule has 0 saturated carbocycles. The van der Waals surface area contributed by atoms with Gasteiger partial charge in [0.25, 0.3) is 0 Å². The van der Waals surface area contributed by atoms with E-state index in [1.165, 1.54) is 30.6 Å². The molecule has 1 atom stereocenters. The van der Waals surface area contributed by atoms with Gasteiger partial charge < -0.3 is 20.3 Å². The fraction of sp³-hybridized carbons (Fsp3) is 0.562. The number of aliphatic imine (C=N–C) groups is 1. The SMILES string of the molecule is CN=C(NCc1nnc2n1CCCCC2)NCC(O)c1ccc(Cl)s1.I. The third-order valence-corrected chi connectivity index (χ3v) is 5.54. The fourth-order valence-corrected chi connectivity index (χ4v) is 3.91. The van der Waals surface area contributed by atoms with Gasteiger partial charge in [-0.1, -0.05) is 18.0 Å². The van der Waals surface area contributed by atoms with Crippen molar-refractivity contribution >= 4 is 52.9 Å². The third kappa shape index (κ3) is 5.54. The summed E-state index contributed by atoms with van der Waals surface area (Å²) in [6.45, 7) is 1.88. The van der Waals surface area contributed by atoms with Gasteiger partial charge in [-0.15, -0.1) is 45.5 Å². The van der Waals surface area contributed by atoms with Gasteiger partial charge in [-0.3, -0.25) is 4.99 Å². The Morgan fingerprint density at radius 2 is 2.19 bits per heavy atom. The van der Waals surface area contributed by atoms with Crippen molar-refractivity contribution in [1.82, 2.24) is 25.4 Å². The Balaban J connectivity index is 0.00000243. The van der Waals surface area contributed by atoms with Gasteiger partial charge in [-0.25, -0.2) is 0 Å². The second kappa shape index (κ2) is 10.4. The van der Waals surface area contributed by atoms with Crippen molar-refractivity contribution in [3.8, 4) is 0 Å². The summed E-state index contributed by atoms with van der Waals surface area (Å²) in [5, 5.41) is 25.2. The molecule has 0 bridgehead atoms. The third-order valence-electron chi connectivity index (χ3n) is 4.21. The standard InChI is InChI=1S/C16H23ClN6OS.HI/c1-18-16(19-9-11(24)12-6-7-13(17)25-12)20-10-15-22-21-14-5-3-2-4-8-23(14)15;/h6-7,11,24H,2-5,8-10H2,1H3,(H2,18,19,20);1H. The van der Waals surface area contributed by atoms with Crippen molar-refractivity contribution in [2.45, 2.75) is 44.9 Å². The van der Waals surface area contributed by atoms with Crippen LogP contribution >= 0.6 is 46.9 Å². The highest BCUT2D eigenvalue weighted by Crippen LogP contribution is 2.26. The molecule has 7 nitrogen and oxygen atoms in total. The van der Waals surface area contributed by atoms with Crippen LogP contribution in [-0.4, -0.2) is 39.4 Å². The van der Waals surface area contributed by atoms with Gasteiger partial charge in [0.2, 0.25) is 0 Å². The average Bonchev–Trinajstić information content (AvgIpc) is 3.14. The van der Waals surface area contributed by atoms with E-state index in [-0.39, 0.29) is 24.0 Å². The molecule has 144 valence electrons. The molecule has 3 N–H and O–H groups in total. The van der Waals surface area contributed by atoms with Crippen LogP contribution in [0.5, 0.6) is 0 Å². The quantitative estimate of drug-likeness (QED) is 0.327. The fourth-order valence-electron chi connectivity index (χ4n) is 2.86. The Labute approximate surface area is 179 Å². The van der Waals surface area contributed by atoms with Crippen LogP contribution in [0.3, 0.4) is 0 Å². The first-order valence-corrected chi connectivity index (χ1v) is 9.65. The predicted octanol–water partition coefficient (Wildman–Crippen LogP) is 2.74. The molecule has 2 aromatic heterocycles. The molecule has 1 aliphatic heterocycles. The molecule has 2 aromatic rings. The summed E-state index contributed by atoms with van der Waals surface area (Å²) in [6.07, 6.45) is 3.96. The minimum absolute atomic E-state index is 0. The lowest BCUT2D eigenvalue weighted by Crippen LogP contribution is -2.39.